The van der Waals surface area contributed by atoms with Crippen LogP contribution in [-0.2, 0) is 11.3 Å². The molecule has 1 saturated carbocycles. The van der Waals surface area contributed by atoms with E-state index in [0.29, 0.717) is 48.0 Å². The molecular formula is C28H26N4O4. The van der Waals surface area contributed by atoms with Crippen LogP contribution in [-0.4, -0.2) is 33.4 Å². The van der Waals surface area contributed by atoms with E-state index in [4.69, 9.17) is 14.4 Å². The molecule has 1 heterocycles. The first-order chi connectivity index (χ1) is 17.4. The first kappa shape index (κ1) is 23.5. The van der Waals surface area contributed by atoms with Crippen LogP contribution in [0.15, 0.2) is 59.1 Å². The molecule has 0 spiro atoms. The molecule has 0 bridgehead atoms. The number of hydrogen-bond acceptors (Lipinski definition) is 7. The fraction of sp³-hybridized carbons (Fsp3) is 0.286. The van der Waals surface area contributed by atoms with E-state index >= 15 is 0 Å². The molecule has 0 radical (unpaired) electrons. The molecule has 1 fully saturated rings. The lowest BCUT2D eigenvalue weighted by Gasteiger charge is -2.33. The number of aliphatic carboxylic acids is 1. The average molecular weight is 483 g/mol. The lowest BCUT2D eigenvalue weighted by molar-refractivity contribution is -0.145. The van der Waals surface area contributed by atoms with Gasteiger partial charge in [-0.3, -0.25) is 4.79 Å². The first-order valence-electron chi connectivity index (χ1n) is 11.9. The summed E-state index contributed by atoms with van der Waals surface area (Å²) in [5, 5.41) is 28.4. The second kappa shape index (κ2) is 9.80. The summed E-state index contributed by atoms with van der Waals surface area (Å²) in [6.45, 7) is 4.47. The van der Waals surface area contributed by atoms with Crippen molar-refractivity contribution in [2.45, 2.75) is 45.4 Å². The van der Waals surface area contributed by atoms with Crippen LogP contribution in [0.5, 0.6) is 5.75 Å². The molecule has 0 saturated heterocycles. The maximum atomic E-state index is 11.1. The molecule has 1 aliphatic rings. The Hall–Kier alpha value is -4.22. The van der Waals surface area contributed by atoms with Crippen LogP contribution in [0.25, 0.3) is 33.6 Å². The first-order valence-corrected chi connectivity index (χ1v) is 11.9. The van der Waals surface area contributed by atoms with Crippen molar-refractivity contribution in [2.24, 2.45) is 5.92 Å². The summed E-state index contributed by atoms with van der Waals surface area (Å²) in [6, 6.07) is 19.7. The van der Waals surface area contributed by atoms with Crippen LogP contribution in [0.4, 0.5) is 0 Å². The van der Waals surface area contributed by atoms with Crippen molar-refractivity contribution in [2.75, 3.05) is 0 Å². The van der Waals surface area contributed by atoms with Gasteiger partial charge in [-0.2, -0.15) is 10.2 Å². The lowest BCUT2D eigenvalue weighted by Crippen LogP contribution is -2.43. The van der Waals surface area contributed by atoms with Gasteiger partial charge in [-0.1, -0.05) is 41.6 Å². The largest absolute Gasteiger partial charge is 0.490 e. The summed E-state index contributed by atoms with van der Waals surface area (Å²) in [5.41, 5.74) is 3.02. The highest BCUT2D eigenvalue weighted by Crippen LogP contribution is 2.33. The van der Waals surface area contributed by atoms with E-state index in [1.165, 1.54) is 0 Å². The van der Waals surface area contributed by atoms with E-state index in [9.17, 15) is 10.1 Å². The van der Waals surface area contributed by atoms with Gasteiger partial charge in [-0.25, -0.2) is 0 Å². The van der Waals surface area contributed by atoms with Crippen molar-refractivity contribution in [3.8, 4) is 34.7 Å². The summed E-state index contributed by atoms with van der Waals surface area (Å²) >= 11 is 0. The van der Waals surface area contributed by atoms with Crippen LogP contribution in [0.1, 0.15) is 37.8 Å². The highest BCUT2D eigenvalue weighted by molar-refractivity contribution is 5.97. The number of hydrogen-bond donors (Lipinski definition) is 2. The third-order valence-electron chi connectivity index (χ3n) is 6.46. The molecule has 36 heavy (non-hydrogen) atoms. The zero-order chi connectivity index (χ0) is 25.2. The minimum atomic E-state index is -0.717. The van der Waals surface area contributed by atoms with Crippen LogP contribution in [0.2, 0.25) is 0 Å². The summed E-state index contributed by atoms with van der Waals surface area (Å²) in [5.74, 6) is 0.352. The molecule has 1 aromatic heterocycles. The Morgan fingerprint density at radius 1 is 1.19 bits per heavy atom. The normalized spacial score (nSPS) is 17.1. The van der Waals surface area contributed by atoms with Crippen LogP contribution < -0.4 is 10.1 Å². The molecule has 8 nitrogen and oxygen atoms in total. The van der Waals surface area contributed by atoms with Crippen molar-refractivity contribution < 1.29 is 19.2 Å². The van der Waals surface area contributed by atoms with E-state index in [-0.39, 0.29) is 18.1 Å². The predicted octanol–water partition coefficient (Wildman–Crippen LogP) is 5.17. The molecule has 5 rings (SSSR count). The summed E-state index contributed by atoms with van der Waals surface area (Å²) in [7, 11) is 0. The molecule has 8 heteroatoms. The van der Waals surface area contributed by atoms with E-state index in [2.05, 4.69) is 27.6 Å². The lowest BCUT2D eigenvalue weighted by atomic mass is 9.80. The maximum Gasteiger partial charge on any atom is 0.306 e. The van der Waals surface area contributed by atoms with E-state index in [0.717, 1.165) is 21.9 Å². The molecule has 0 amide bonds. The highest BCUT2D eigenvalue weighted by atomic mass is 16.5. The number of carbonyl (C=O) groups is 1. The third kappa shape index (κ3) is 4.66. The SMILES string of the molecule is CC(C)Oc1ccc(-c2nc(-c3ccc(CNC4CC(C(=O)O)C4)c4ccccc34)no2)cc1C#N. The number of carboxylic acids is 1. The number of nitriles is 1. The molecule has 0 aliphatic heterocycles. The zero-order valence-corrected chi connectivity index (χ0v) is 20.1. The number of benzene rings is 3. The Balaban J connectivity index is 1.40. The van der Waals surface area contributed by atoms with Crippen molar-refractivity contribution in [1.29, 1.82) is 5.26 Å². The Morgan fingerprint density at radius 3 is 2.69 bits per heavy atom. The van der Waals surface area contributed by atoms with E-state index in [1.807, 2.05) is 44.2 Å². The van der Waals surface area contributed by atoms with Gasteiger partial charge in [0.2, 0.25) is 5.82 Å². The van der Waals surface area contributed by atoms with Gasteiger partial charge in [0.05, 0.1) is 17.6 Å². The van der Waals surface area contributed by atoms with Crippen molar-refractivity contribution in [3.63, 3.8) is 0 Å². The van der Waals surface area contributed by atoms with E-state index < -0.39 is 5.97 Å². The quantitative estimate of drug-likeness (QED) is 0.353. The minimum absolute atomic E-state index is 0.0419. The average Bonchev–Trinajstić information content (AvgIpc) is 3.32. The Bertz CT molecular complexity index is 1460. The topological polar surface area (TPSA) is 121 Å². The van der Waals surface area contributed by atoms with Gasteiger partial charge in [-0.05, 0) is 61.2 Å². The summed E-state index contributed by atoms with van der Waals surface area (Å²) < 4.78 is 11.3. The van der Waals surface area contributed by atoms with Gasteiger partial charge in [0.1, 0.15) is 11.8 Å². The second-order valence-electron chi connectivity index (χ2n) is 9.31. The number of rotatable bonds is 8. The number of carboxylic acid groups (broad SMARTS) is 1. The predicted molar refractivity (Wildman–Crippen MR) is 134 cm³/mol. The number of nitrogens with zero attached hydrogens (tertiary/aromatic N) is 3. The third-order valence-corrected chi connectivity index (χ3v) is 6.46. The zero-order valence-electron chi connectivity index (χ0n) is 20.1. The van der Waals surface area contributed by atoms with Gasteiger partial charge in [0, 0.05) is 23.7 Å². The van der Waals surface area contributed by atoms with Crippen LogP contribution in [0, 0.1) is 17.2 Å². The van der Waals surface area contributed by atoms with Gasteiger partial charge < -0.3 is 19.7 Å². The van der Waals surface area contributed by atoms with Crippen molar-refractivity contribution in [1.82, 2.24) is 15.5 Å². The fourth-order valence-electron chi connectivity index (χ4n) is 4.51. The number of ether oxygens (including phenoxy) is 1. The van der Waals surface area contributed by atoms with Gasteiger partial charge >= 0.3 is 5.97 Å². The second-order valence-corrected chi connectivity index (χ2v) is 9.31. The minimum Gasteiger partial charge on any atom is -0.490 e. The summed E-state index contributed by atoms with van der Waals surface area (Å²) in [6.07, 6.45) is 1.28. The van der Waals surface area contributed by atoms with Gasteiger partial charge in [-0.15, -0.1) is 0 Å². The summed E-state index contributed by atoms with van der Waals surface area (Å²) in [4.78, 5) is 15.7. The molecule has 182 valence electrons. The van der Waals surface area contributed by atoms with Crippen LogP contribution >= 0.6 is 0 Å². The molecule has 4 aromatic rings. The Morgan fingerprint density at radius 2 is 1.97 bits per heavy atom. The highest BCUT2D eigenvalue weighted by Gasteiger charge is 2.33. The Labute approximate surface area is 208 Å². The molecule has 2 N–H and O–H groups in total. The van der Waals surface area contributed by atoms with E-state index in [1.54, 1.807) is 18.2 Å². The fourth-order valence-corrected chi connectivity index (χ4v) is 4.51. The smallest absolute Gasteiger partial charge is 0.306 e. The van der Waals surface area contributed by atoms with Gasteiger partial charge in [0.25, 0.3) is 5.89 Å². The molecular weight excluding hydrogens is 456 g/mol. The number of fused-ring (bicyclic) bond motifs is 1. The standard InChI is InChI=1S/C28H26N4O4/c1-16(2)35-25-10-8-17(11-20(25)14-29)27-31-26(32-36-27)24-9-7-18(22-5-3-4-6-23(22)24)15-30-21-12-19(13-21)28(33)34/h3-11,16,19,21,30H,12-13,15H2,1-2H3,(H,33,34). The molecule has 0 unspecified atom stereocenters. The Kier molecular flexibility index (Phi) is 6.40. The maximum absolute atomic E-state index is 11.1. The van der Waals surface area contributed by atoms with Gasteiger partial charge in [0.15, 0.2) is 0 Å². The number of aromatic nitrogens is 2. The molecule has 0 atom stereocenters. The van der Waals surface area contributed by atoms with Crippen molar-refractivity contribution in [3.05, 3.63) is 65.7 Å². The molecule has 1 aliphatic carbocycles. The van der Waals surface area contributed by atoms with Crippen LogP contribution in [0.3, 0.4) is 0 Å². The monoisotopic (exact) mass is 482 g/mol. The molecule has 3 aromatic carbocycles. The number of nitrogens with one attached hydrogen (secondary N) is 1. The van der Waals surface area contributed by atoms with Crippen molar-refractivity contribution >= 4 is 16.7 Å².